The zero-order chi connectivity index (χ0) is 14.6. The second-order valence-corrected chi connectivity index (χ2v) is 6.42. The summed E-state index contributed by atoms with van der Waals surface area (Å²) < 4.78 is 26.6. The van der Waals surface area contributed by atoms with Gasteiger partial charge in [-0.3, -0.25) is 9.52 Å². The van der Waals surface area contributed by atoms with Crippen LogP contribution in [0.25, 0.3) is 0 Å². The molecule has 2 rings (SSSR count). The van der Waals surface area contributed by atoms with Gasteiger partial charge in [-0.25, -0.2) is 13.4 Å². The number of carbonyl (C=O) groups is 1. The Morgan fingerprint density at radius 2 is 2.20 bits per heavy atom. The number of carbonyl (C=O) groups excluding carboxylic acids is 1. The molecule has 0 radical (unpaired) electrons. The van der Waals surface area contributed by atoms with Crippen molar-refractivity contribution in [1.29, 1.82) is 0 Å². The molecule has 1 amide bonds. The van der Waals surface area contributed by atoms with E-state index in [1.807, 2.05) is 0 Å². The molecule has 0 bridgehead atoms. The summed E-state index contributed by atoms with van der Waals surface area (Å²) in [6.07, 6.45) is 1.49. The second kappa shape index (κ2) is 6.02. The summed E-state index contributed by atoms with van der Waals surface area (Å²) in [7, 11) is -3.72. The largest absolute Gasteiger partial charge is 0.352 e. The summed E-state index contributed by atoms with van der Waals surface area (Å²) in [5.74, 6) is -0.0463. The minimum absolute atomic E-state index is 0.0504. The average Bonchev–Trinajstić information content (AvgIpc) is 2.90. The number of nitrogens with zero attached hydrogens (tertiary/aromatic N) is 1. The van der Waals surface area contributed by atoms with Gasteiger partial charge in [0.05, 0.1) is 9.77 Å². The van der Waals surface area contributed by atoms with Crippen molar-refractivity contribution >= 4 is 33.1 Å². The lowest BCUT2D eigenvalue weighted by Crippen LogP contribution is -2.21. The lowest BCUT2D eigenvalue weighted by atomic mass is 10.4. The van der Waals surface area contributed by atoms with Crippen LogP contribution in [0, 0.1) is 0 Å². The van der Waals surface area contributed by atoms with E-state index in [2.05, 4.69) is 15.0 Å². The minimum Gasteiger partial charge on any atom is -0.352 e. The summed E-state index contributed by atoms with van der Waals surface area (Å²) in [5.41, 5.74) is 0. The first-order chi connectivity index (χ1) is 9.53. The molecule has 106 valence electrons. The Morgan fingerprint density at radius 3 is 2.85 bits per heavy atom. The van der Waals surface area contributed by atoms with Crippen molar-refractivity contribution in [3.05, 3.63) is 40.7 Å². The number of rotatable bonds is 5. The zero-order valence-corrected chi connectivity index (χ0v) is 12.3. The van der Waals surface area contributed by atoms with Gasteiger partial charge in [0, 0.05) is 18.1 Å². The number of nitrogens with one attached hydrogen (secondary N) is 2. The van der Waals surface area contributed by atoms with Crippen LogP contribution >= 0.6 is 11.3 Å². The highest BCUT2D eigenvalue weighted by Gasteiger charge is 2.19. The van der Waals surface area contributed by atoms with Gasteiger partial charge in [0.1, 0.15) is 5.82 Å². The summed E-state index contributed by atoms with van der Waals surface area (Å²) in [6, 6.07) is 6.27. The summed E-state index contributed by atoms with van der Waals surface area (Å²) >= 11 is 1.08. The van der Waals surface area contributed by atoms with Crippen LogP contribution in [0.1, 0.15) is 16.6 Å². The molecular formula is C12H13N3O3S2. The molecule has 2 aromatic rings. The molecule has 0 aliphatic heterocycles. The molecule has 0 unspecified atom stereocenters. The highest BCUT2D eigenvalue weighted by Crippen LogP contribution is 2.21. The Hall–Kier alpha value is -1.93. The third kappa shape index (κ3) is 3.34. The second-order valence-electron chi connectivity index (χ2n) is 3.83. The predicted molar refractivity (Wildman–Crippen MR) is 77.4 cm³/mol. The van der Waals surface area contributed by atoms with E-state index in [1.165, 1.54) is 17.6 Å². The zero-order valence-electron chi connectivity index (χ0n) is 10.7. The topological polar surface area (TPSA) is 88.2 Å². The third-order valence-corrected chi connectivity index (χ3v) is 4.76. The van der Waals surface area contributed by atoms with E-state index in [0.717, 1.165) is 11.3 Å². The number of thiophene rings is 1. The van der Waals surface area contributed by atoms with Crippen LogP contribution in [0.5, 0.6) is 0 Å². The highest BCUT2D eigenvalue weighted by molar-refractivity contribution is 7.92. The Bertz CT molecular complexity index is 696. The molecule has 6 nitrogen and oxygen atoms in total. The SMILES string of the molecule is CCNC(=O)c1cc(S(=O)(=O)Nc2ccccn2)cs1. The van der Waals surface area contributed by atoms with E-state index in [1.54, 1.807) is 25.1 Å². The summed E-state index contributed by atoms with van der Waals surface area (Å²) in [4.78, 5) is 15.9. The fourth-order valence-corrected chi connectivity index (χ4v) is 3.64. The first-order valence-corrected chi connectivity index (χ1v) is 8.20. The van der Waals surface area contributed by atoms with Gasteiger partial charge in [-0.1, -0.05) is 6.07 Å². The van der Waals surface area contributed by atoms with Crippen LogP contribution in [0.4, 0.5) is 5.82 Å². The number of sulfonamides is 1. The number of anilines is 1. The molecule has 20 heavy (non-hydrogen) atoms. The van der Waals surface area contributed by atoms with Gasteiger partial charge in [0.2, 0.25) is 0 Å². The van der Waals surface area contributed by atoms with Crippen molar-refractivity contribution < 1.29 is 13.2 Å². The highest BCUT2D eigenvalue weighted by atomic mass is 32.2. The molecule has 0 saturated carbocycles. The van der Waals surface area contributed by atoms with Crippen LogP contribution in [0.3, 0.4) is 0 Å². The molecule has 0 atom stereocenters. The van der Waals surface area contributed by atoms with Gasteiger partial charge >= 0.3 is 0 Å². The third-order valence-electron chi connectivity index (χ3n) is 2.35. The van der Waals surface area contributed by atoms with Gasteiger partial charge in [-0.15, -0.1) is 11.3 Å². The van der Waals surface area contributed by atoms with E-state index >= 15 is 0 Å². The van der Waals surface area contributed by atoms with Gasteiger partial charge in [0.25, 0.3) is 15.9 Å². The smallest absolute Gasteiger partial charge is 0.263 e. The lowest BCUT2D eigenvalue weighted by molar-refractivity contribution is 0.0959. The Kier molecular flexibility index (Phi) is 4.35. The molecule has 0 aliphatic carbocycles. The van der Waals surface area contributed by atoms with Crippen molar-refractivity contribution in [2.45, 2.75) is 11.8 Å². The standard InChI is InChI=1S/C12H13N3O3S2/c1-2-13-12(16)10-7-9(8-19-10)20(17,18)15-11-5-3-4-6-14-11/h3-8H,2H2,1H3,(H,13,16)(H,14,15). The van der Waals surface area contributed by atoms with Gasteiger partial charge < -0.3 is 5.32 Å². The van der Waals surface area contributed by atoms with Crippen LogP contribution < -0.4 is 10.0 Å². The quantitative estimate of drug-likeness (QED) is 0.879. The number of hydrogen-bond acceptors (Lipinski definition) is 5. The van der Waals surface area contributed by atoms with Crippen molar-refractivity contribution in [3.63, 3.8) is 0 Å². The maximum absolute atomic E-state index is 12.1. The monoisotopic (exact) mass is 311 g/mol. The van der Waals surface area contributed by atoms with E-state index in [-0.39, 0.29) is 16.6 Å². The molecule has 0 fully saturated rings. The van der Waals surface area contributed by atoms with E-state index in [0.29, 0.717) is 11.4 Å². The van der Waals surface area contributed by atoms with Crippen molar-refractivity contribution in [2.75, 3.05) is 11.3 Å². The summed E-state index contributed by atoms with van der Waals surface area (Å²) in [5, 5.41) is 4.05. The maximum atomic E-state index is 12.1. The Balaban J connectivity index is 2.20. The van der Waals surface area contributed by atoms with Crippen molar-refractivity contribution in [2.24, 2.45) is 0 Å². The predicted octanol–water partition coefficient (Wildman–Crippen LogP) is 1.69. The molecule has 0 aliphatic rings. The molecule has 8 heteroatoms. The molecule has 0 aromatic carbocycles. The van der Waals surface area contributed by atoms with Gasteiger partial charge in [-0.2, -0.15) is 0 Å². The normalized spacial score (nSPS) is 11.1. The maximum Gasteiger partial charge on any atom is 0.263 e. The summed E-state index contributed by atoms with van der Waals surface area (Å²) in [6.45, 7) is 2.29. The molecule has 2 N–H and O–H groups in total. The van der Waals surface area contributed by atoms with Crippen molar-refractivity contribution in [1.82, 2.24) is 10.3 Å². The Labute approximate surface area is 120 Å². The molecule has 2 heterocycles. The number of hydrogen-bond donors (Lipinski definition) is 2. The lowest BCUT2D eigenvalue weighted by Gasteiger charge is -2.04. The van der Waals surface area contributed by atoms with Crippen LogP contribution in [-0.4, -0.2) is 25.9 Å². The van der Waals surface area contributed by atoms with Crippen molar-refractivity contribution in [3.8, 4) is 0 Å². The minimum atomic E-state index is -3.72. The van der Waals surface area contributed by atoms with Crippen LogP contribution in [-0.2, 0) is 10.0 Å². The molecule has 2 aromatic heterocycles. The molecule has 0 saturated heterocycles. The fraction of sp³-hybridized carbons (Fsp3) is 0.167. The number of amides is 1. The first-order valence-electron chi connectivity index (χ1n) is 5.83. The average molecular weight is 311 g/mol. The molecular weight excluding hydrogens is 298 g/mol. The Morgan fingerprint density at radius 1 is 1.40 bits per heavy atom. The number of aromatic nitrogens is 1. The fourth-order valence-electron chi connectivity index (χ4n) is 1.45. The van der Waals surface area contributed by atoms with E-state index in [4.69, 9.17) is 0 Å². The van der Waals surface area contributed by atoms with Crippen LogP contribution in [0.15, 0.2) is 40.7 Å². The van der Waals surface area contributed by atoms with Gasteiger partial charge in [-0.05, 0) is 25.1 Å². The van der Waals surface area contributed by atoms with Gasteiger partial charge in [0.15, 0.2) is 0 Å². The van der Waals surface area contributed by atoms with E-state index in [9.17, 15) is 13.2 Å². The van der Waals surface area contributed by atoms with Crippen LogP contribution in [0.2, 0.25) is 0 Å². The van der Waals surface area contributed by atoms with E-state index < -0.39 is 10.0 Å². The number of pyridine rings is 1. The molecule has 0 spiro atoms. The first kappa shape index (κ1) is 14.5.